The molecule has 130 valence electrons. The van der Waals surface area contributed by atoms with E-state index in [0.717, 1.165) is 17.3 Å². The molecule has 25 heavy (non-hydrogen) atoms. The van der Waals surface area contributed by atoms with E-state index < -0.39 is 5.97 Å². The summed E-state index contributed by atoms with van der Waals surface area (Å²) in [6.07, 6.45) is 2.12. The van der Waals surface area contributed by atoms with Gasteiger partial charge in [0.15, 0.2) is 0 Å². The third-order valence-electron chi connectivity index (χ3n) is 4.74. The van der Waals surface area contributed by atoms with Crippen molar-refractivity contribution in [3.63, 3.8) is 0 Å². The Bertz CT molecular complexity index is 797. The number of carbonyl (C=O) groups excluding carboxylic acids is 2. The maximum Gasteiger partial charge on any atom is 0.308 e. The van der Waals surface area contributed by atoms with Crippen molar-refractivity contribution in [2.24, 2.45) is 0 Å². The lowest BCUT2D eigenvalue weighted by molar-refractivity contribution is -0.131. The van der Waals surface area contributed by atoms with Gasteiger partial charge in [-0.2, -0.15) is 0 Å². The van der Waals surface area contributed by atoms with Crippen LogP contribution in [0.1, 0.15) is 42.6 Å². The largest absolute Gasteiger partial charge is 0.427 e. The molecular weight excluding hydrogens is 382 g/mol. The van der Waals surface area contributed by atoms with Crippen LogP contribution < -0.4 is 10.1 Å². The van der Waals surface area contributed by atoms with Gasteiger partial charge in [0.05, 0.1) is 0 Å². The lowest BCUT2D eigenvalue weighted by Gasteiger charge is -2.25. The Morgan fingerprint density at radius 2 is 1.84 bits per heavy atom. The number of nitrogens with one attached hydrogen (secondary N) is 1. The number of halogens is 1. The Balaban J connectivity index is 1.72. The second-order valence-corrected chi connectivity index (χ2v) is 7.40. The summed E-state index contributed by atoms with van der Waals surface area (Å²) in [4.78, 5) is 23.7. The maximum atomic E-state index is 12.6. The van der Waals surface area contributed by atoms with E-state index in [4.69, 9.17) is 4.74 Å². The summed E-state index contributed by atoms with van der Waals surface area (Å²) in [7, 11) is 0. The van der Waals surface area contributed by atoms with Crippen LogP contribution in [0.5, 0.6) is 5.75 Å². The van der Waals surface area contributed by atoms with Gasteiger partial charge < -0.3 is 10.1 Å². The fourth-order valence-corrected chi connectivity index (χ4v) is 3.44. The molecule has 0 saturated heterocycles. The molecule has 0 aromatic heterocycles. The topological polar surface area (TPSA) is 55.4 Å². The first kappa shape index (κ1) is 17.7. The molecule has 4 nitrogen and oxygen atoms in total. The van der Waals surface area contributed by atoms with Crippen molar-refractivity contribution in [2.45, 2.75) is 38.1 Å². The zero-order valence-corrected chi connectivity index (χ0v) is 15.8. The van der Waals surface area contributed by atoms with E-state index in [1.807, 2.05) is 19.1 Å². The summed E-state index contributed by atoms with van der Waals surface area (Å²) in [5.41, 5.74) is 1.73. The molecule has 1 aliphatic rings. The van der Waals surface area contributed by atoms with E-state index in [9.17, 15) is 9.59 Å². The molecule has 0 aliphatic heterocycles. The number of amides is 1. The van der Waals surface area contributed by atoms with Crippen molar-refractivity contribution in [1.29, 1.82) is 0 Å². The zero-order chi connectivity index (χ0) is 18.0. The van der Waals surface area contributed by atoms with Crippen molar-refractivity contribution in [1.82, 2.24) is 5.32 Å². The van der Waals surface area contributed by atoms with Gasteiger partial charge in [-0.05, 0) is 55.7 Å². The van der Waals surface area contributed by atoms with E-state index in [1.165, 1.54) is 12.5 Å². The molecule has 3 rings (SSSR count). The number of hydrogen-bond acceptors (Lipinski definition) is 3. The standard InChI is InChI=1S/C20H20BrNO3/c1-13(20(10-11-20)16-6-8-17(21)9-7-16)22-19(24)15-4-3-5-18(12-15)25-14(2)23/h3-9,12-13H,10-11H2,1-2H3,(H,22,24). The van der Waals surface area contributed by atoms with E-state index in [1.54, 1.807) is 24.3 Å². The van der Waals surface area contributed by atoms with Crippen LogP contribution >= 0.6 is 15.9 Å². The average Bonchev–Trinajstić information content (AvgIpc) is 3.37. The minimum absolute atomic E-state index is 0.00382. The Labute approximate surface area is 155 Å². The van der Waals surface area contributed by atoms with Crippen LogP contribution in [0.2, 0.25) is 0 Å². The molecule has 1 aliphatic carbocycles. The Morgan fingerprint density at radius 1 is 1.16 bits per heavy atom. The molecule has 0 bridgehead atoms. The Kier molecular flexibility index (Phi) is 4.95. The average molecular weight is 402 g/mol. The van der Waals surface area contributed by atoms with Crippen molar-refractivity contribution in [2.75, 3.05) is 0 Å². The smallest absolute Gasteiger partial charge is 0.308 e. The van der Waals surface area contributed by atoms with Crippen molar-refractivity contribution in [3.05, 3.63) is 64.1 Å². The van der Waals surface area contributed by atoms with Gasteiger partial charge in [-0.3, -0.25) is 9.59 Å². The monoisotopic (exact) mass is 401 g/mol. The van der Waals surface area contributed by atoms with E-state index in [2.05, 4.69) is 33.4 Å². The highest BCUT2D eigenvalue weighted by Crippen LogP contribution is 2.51. The fourth-order valence-electron chi connectivity index (χ4n) is 3.17. The summed E-state index contributed by atoms with van der Waals surface area (Å²) in [5.74, 6) is -0.190. The van der Waals surface area contributed by atoms with Crippen molar-refractivity contribution in [3.8, 4) is 5.75 Å². The molecule has 1 fully saturated rings. The maximum absolute atomic E-state index is 12.6. The molecular formula is C20H20BrNO3. The van der Waals surface area contributed by atoms with Gasteiger partial charge in [-0.1, -0.05) is 34.1 Å². The molecule has 1 N–H and O–H groups in total. The molecule has 1 amide bonds. The molecule has 2 aromatic rings. The van der Waals surface area contributed by atoms with Gasteiger partial charge in [-0.25, -0.2) is 0 Å². The minimum Gasteiger partial charge on any atom is -0.427 e. The second-order valence-electron chi connectivity index (χ2n) is 6.48. The Hall–Kier alpha value is -2.14. The zero-order valence-electron chi connectivity index (χ0n) is 14.2. The van der Waals surface area contributed by atoms with Gasteiger partial charge in [0, 0.05) is 28.4 Å². The van der Waals surface area contributed by atoms with E-state index in [0.29, 0.717) is 11.3 Å². The first-order chi connectivity index (χ1) is 11.9. The SMILES string of the molecule is CC(=O)Oc1cccc(C(=O)NC(C)C2(c3ccc(Br)cc3)CC2)c1. The first-order valence-corrected chi connectivity index (χ1v) is 9.05. The second kappa shape index (κ2) is 7.00. The summed E-state index contributed by atoms with van der Waals surface area (Å²) in [6.45, 7) is 3.38. The number of rotatable bonds is 5. The third-order valence-corrected chi connectivity index (χ3v) is 5.27. The lowest BCUT2D eigenvalue weighted by Crippen LogP contribution is -2.41. The van der Waals surface area contributed by atoms with E-state index >= 15 is 0 Å². The van der Waals surface area contributed by atoms with Crippen LogP contribution in [-0.2, 0) is 10.2 Å². The summed E-state index contributed by atoms with van der Waals surface area (Å²) in [5, 5.41) is 3.10. The van der Waals surface area contributed by atoms with Crippen LogP contribution in [0.25, 0.3) is 0 Å². The predicted octanol–water partition coefficient (Wildman–Crippen LogP) is 4.22. The quantitative estimate of drug-likeness (QED) is 0.602. The summed E-state index contributed by atoms with van der Waals surface area (Å²) in [6, 6.07) is 15.0. The highest BCUT2D eigenvalue weighted by molar-refractivity contribution is 9.10. The molecule has 1 atom stereocenters. The number of benzene rings is 2. The predicted molar refractivity (Wildman–Crippen MR) is 99.7 cm³/mol. The lowest BCUT2D eigenvalue weighted by atomic mass is 9.89. The minimum atomic E-state index is -0.405. The van der Waals surface area contributed by atoms with Gasteiger partial charge in [0.25, 0.3) is 5.91 Å². The van der Waals surface area contributed by atoms with Crippen LogP contribution in [0, 0.1) is 0 Å². The van der Waals surface area contributed by atoms with Crippen LogP contribution in [0.15, 0.2) is 53.0 Å². The van der Waals surface area contributed by atoms with Crippen LogP contribution in [0.3, 0.4) is 0 Å². The fraction of sp³-hybridized carbons (Fsp3) is 0.300. The number of hydrogen-bond donors (Lipinski definition) is 1. The van der Waals surface area contributed by atoms with Gasteiger partial charge in [-0.15, -0.1) is 0 Å². The first-order valence-electron chi connectivity index (χ1n) is 8.26. The molecule has 1 saturated carbocycles. The highest BCUT2D eigenvalue weighted by atomic mass is 79.9. The number of esters is 1. The van der Waals surface area contributed by atoms with Crippen molar-refractivity contribution < 1.29 is 14.3 Å². The van der Waals surface area contributed by atoms with Crippen molar-refractivity contribution >= 4 is 27.8 Å². The highest BCUT2D eigenvalue weighted by Gasteiger charge is 2.49. The number of ether oxygens (including phenoxy) is 1. The molecule has 0 heterocycles. The Morgan fingerprint density at radius 3 is 2.44 bits per heavy atom. The molecule has 0 radical (unpaired) electrons. The molecule has 2 aromatic carbocycles. The molecule has 5 heteroatoms. The van der Waals surface area contributed by atoms with Gasteiger partial charge in [0.1, 0.15) is 5.75 Å². The van der Waals surface area contributed by atoms with Gasteiger partial charge in [0.2, 0.25) is 0 Å². The van der Waals surface area contributed by atoms with Crippen LogP contribution in [0.4, 0.5) is 0 Å². The van der Waals surface area contributed by atoms with Crippen LogP contribution in [-0.4, -0.2) is 17.9 Å². The number of carbonyl (C=O) groups is 2. The van der Waals surface area contributed by atoms with Gasteiger partial charge >= 0.3 is 5.97 Å². The third kappa shape index (κ3) is 3.93. The molecule has 0 spiro atoms. The normalized spacial score (nSPS) is 16.0. The summed E-state index contributed by atoms with van der Waals surface area (Å²) >= 11 is 3.46. The summed E-state index contributed by atoms with van der Waals surface area (Å²) < 4.78 is 6.09. The molecule has 1 unspecified atom stereocenters. The van der Waals surface area contributed by atoms with E-state index in [-0.39, 0.29) is 17.4 Å².